The van der Waals surface area contributed by atoms with Crippen molar-refractivity contribution >= 4 is 11.0 Å². The van der Waals surface area contributed by atoms with Crippen LogP contribution in [0.1, 0.15) is 6.42 Å². The third kappa shape index (κ3) is 3.81. The molecule has 0 aliphatic rings. The minimum atomic E-state index is -0.363. The first kappa shape index (κ1) is 16.2. The van der Waals surface area contributed by atoms with Crippen molar-refractivity contribution in [2.75, 3.05) is 27.2 Å². The molecule has 1 aromatic carbocycles. The highest BCUT2D eigenvalue weighted by atomic mass is 16.5. The lowest BCUT2D eigenvalue weighted by Gasteiger charge is -2.10. The lowest BCUT2D eigenvalue weighted by molar-refractivity contribution is 0.281. The van der Waals surface area contributed by atoms with Crippen molar-refractivity contribution in [2.45, 2.75) is 6.42 Å². The monoisotopic (exact) mass is 324 g/mol. The second-order valence-corrected chi connectivity index (χ2v) is 5.89. The van der Waals surface area contributed by atoms with Crippen molar-refractivity contribution in [3.05, 3.63) is 59.2 Å². The summed E-state index contributed by atoms with van der Waals surface area (Å²) in [5.41, 5.74) is 1.50. The summed E-state index contributed by atoms with van der Waals surface area (Å²) < 4.78 is 11.2. The normalized spacial score (nSPS) is 11.1. The predicted molar refractivity (Wildman–Crippen MR) is 94.4 cm³/mol. The van der Waals surface area contributed by atoms with E-state index in [9.17, 15) is 4.79 Å². The lowest BCUT2D eigenvalue weighted by Crippen LogP contribution is -2.15. The molecule has 24 heavy (non-hydrogen) atoms. The summed E-state index contributed by atoms with van der Waals surface area (Å²) in [4.78, 5) is 18.3. The van der Waals surface area contributed by atoms with E-state index in [1.54, 1.807) is 30.6 Å². The highest BCUT2D eigenvalue weighted by Crippen LogP contribution is 2.24. The number of rotatable bonds is 6. The first-order valence-corrected chi connectivity index (χ1v) is 7.89. The zero-order valence-electron chi connectivity index (χ0n) is 13.9. The van der Waals surface area contributed by atoms with Gasteiger partial charge in [0.1, 0.15) is 11.3 Å². The largest absolute Gasteiger partial charge is 0.493 e. The molecule has 124 valence electrons. The quantitative estimate of drug-likeness (QED) is 0.515. The molecule has 2 heterocycles. The summed E-state index contributed by atoms with van der Waals surface area (Å²) in [6.07, 6.45) is 4.25. The van der Waals surface area contributed by atoms with Crippen LogP contribution in [0, 0.1) is 0 Å². The minimum Gasteiger partial charge on any atom is -0.493 e. The molecule has 0 saturated heterocycles. The number of aromatic nitrogens is 1. The van der Waals surface area contributed by atoms with E-state index in [-0.39, 0.29) is 5.63 Å². The summed E-state index contributed by atoms with van der Waals surface area (Å²) in [6, 6.07) is 11.0. The highest BCUT2D eigenvalue weighted by molar-refractivity contribution is 5.82. The Hall–Kier alpha value is -2.66. The van der Waals surface area contributed by atoms with Crippen LogP contribution in [0.25, 0.3) is 22.1 Å². The van der Waals surface area contributed by atoms with E-state index in [2.05, 4.69) is 9.88 Å². The van der Waals surface area contributed by atoms with Crippen molar-refractivity contribution in [1.29, 1.82) is 0 Å². The van der Waals surface area contributed by atoms with Crippen LogP contribution in [-0.4, -0.2) is 37.1 Å². The molecule has 0 atom stereocenters. The van der Waals surface area contributed by atoms with Gasteiger partial charge in [0.2, 0.25) is 0 Å². The molecule has 0 N–H and O–H groups in total. The summed E-state index contributed by atoms with van der Waals surface area (Å²) in [7, 11) is 4.07. The number of ether oxygens (including phenoxy) is 1. The Bertz CT molecular complexity index is 873. The van der Waals surface area contributed by atoms with Crippen molar-refractivity contribution in [3.63, 3.8) is 0 Å². The first-order valence-electron chi connectivity index (χ1n) is 7.89. The molecule has 0 amide bonds. The van der Waals surface area contributed by atoms with E-state index < -0.39 is 0 Å². The van der Waals surface area contributed by atoms with Gasteiger partial charge in [-0.1, -0.05) is 0 Å². The fourth-order valence-corrected chi connectivity index (χ4v) is 2.48. The number of pyridine rings is 1. The van der Waals surface area contributed by atoms with Crippen molar-refractivity contribution in [3.8, 4) is 16.9 Å². The Kier molecular flexibility index (Phi) is 4.91. The molecule has 0 aliphatic heterocycles. The zero-order chi connectivity index (χ0) is 16.9. The van der Waals surface area contributed by atoms with Gasteiger partial charge in [-0.25, -0.2) is 4.79 Å². The van der Waals surface area contributed by atoms with Crippen LogP contribution in [-0.2, 0) is 0 Å². The molecule has 0 unspecified atom stereocenters. The second kappa shape index (κ2) is 7.27. The predicted octanol–water partition coefficient (Wildman–Crippen LogP) is 3.19. The van der Waals surface area contributed by atoms with Crippen LogP contribution in [0.2, 0.25) is 0 Å². The number of hydrogen-bond acceptors (Lipinski definition) is 5. The van der Waals surface area contributed by atoms with Gasteiger partial charge in [0.25, 0.3) is 0 Å². The molecule has 5 heteroatoms. The van der Waals surface area contributed by atoms with Crippen molar-refractivity contribution in [1.82, 2.24) is 9.88 Å². The maximum absolute atomic E-state index is 12.2. The van der Waals surface area contributed by atoms with Crippen molar-refractivity contribution in [2.24, 2.45) is 0 Å². The summed E-state index contributed by atoms with van der Waals surface area (Å²) in [5, 5.41) is 0.863. The first-order chi connectivity index (χ1) is 11.6. The smallest absolute Gasteiger partial charge is 0.344 e. The summed E-state index contributed by atoms with van der Waals surface area (Å²) in [6.45, 7) is 1.60. The van der Waals surface area contributed by atoms with E-state index in [4.69, 9.17) is 9.15 Å². The van der Waals surface area contributed by atoms with Crippen molar-refractivity contribution < 1.29 is 9.15 Å². The molecule has 0 saturated carbocycles. The molecule has 2 aromatic heterocycles. The fourth-order valence-electron chi connectivity index (χ4n) is 2.48. The average molecular weight is 324 g/mol. The zero-order valence-corrected chi connectivity index (χ0v) is 13.9. The van der Waals surface area contributed by atoms with Gasteiger partial charge in [-0.2, -0.15) is 0 Å². The average Bonchev–Trinajstić information content (AvgIpc) is 2.58. The fraction of sp³-hybridized carbons (Fsp3) is 0.263. The molecule has 3 rings (SSSR count). The second-order valence-electron chi connectivity index (χ2n) is 5.89. The summed E-state index contributed by atoms with van der Waals surface area (Å²) >= 11 is 0. The third-order valence-corrected chi connectivity index (χ3v) is 3.72. The third-order valence-electron chi connectivity index (χ3n) is 3.72. The topological polar surface area (TPSA) is 55.6 Å². The number of fused-ring (bicyclic) bond motifs is 1. The van der Waals surface area contributed by atoms with Gasteiger partial charge < -0.3 is 14.1 Å². The van der Waals surface area contributed by atoms with Gasteiger partial charge in [0, 0.05) is 30.4 Å². The Labute approximate surface area is 140 Å². The van der Waals surface area contributed by atoms with Crippen LogP contribution in [0.3, 0.4) is 0 Å². The van der Waals surface area contributed by atoms with E-state index in [1.807, 2.05) is 32.3 Å². The lowest BCUT2D eigenvalue weighted by atomic mass is 10.1. The Morgan fingerprint density at radius 1 is 1.12 bits per heavy atom. The Morgan fingerprint density at radius 3 is 2.67 bits per heavy atom. The molecule has 5 nitrogen and oxygen atoms in total. The number of hydrogen-bond donors (Lipinski definition) is 0. The van der Waals surface area contributed by atoms with Crippen LogP contribution in [0.4, 0.5) is 0 Å². The Morgan fingerprint density at radius 2 is 1.92 bits per heavy atom. The van der Waals surface area contributed by atoms with Crippen LogP contribution >= 0.6 is 0 Å². The van der Waals surface area contributed by atoms with Gasteiger partial charge >= 0.3 is 5.63 Å². The molecule has 3 aromatic rings. The minimum absolute atomic E-state index is 0.363. The van der Waals surface area contributed by atoms with Gasteiger partial charge in [0.15, 0.2) is 0 Å². The molecule has 0 aliphatic carbocycles. The van der Waals surface area contributed by atoms with E-state index in [0.717, 1.165) is 23.9 Å². The standard InChI is InChI=1S/C19H20N2O3/c1-21(2)10-3-11-23-16-5-4-15-12-17(14-6-8-20-9-7-14)19(22)24-18(15)13-16/h4-9,12-13H,3,10-11H2,1-2H3. The molecular formula is C19H20N2O3. The Balaban J connectivity index is 1.83. The van der Waals surface area contributed by atoms with Gasteiger partial charge in [-0.05, 0) is 56.4 Å². The number of benzene rings is 1. The molecule has 0 fully saturated rings. The molecule has 0 spiro atoms. The van der Waals surface area contributed by atoms with E-state index in [1.165, 1.54) is 0 Å². The van der Waals surface area contributed by atoms with Gasteiger partial charge in [0.05, 0.1) is 12.2 Å². The van der Waals surface area contributed by atoms with E-state index >= 15 is 0 Å². The molecule has 0 bridgehead atoms. The molecular weight excluding hydrogens is 304 g/mol. The van der Waals surface area contributed by atoms with Gasteiger partial charge in [-0.15, -0.1) is 0 Å². The highest BCUT2D eigenvalue weighted by Gasteiger charge is 2.08. The summed E-state index contributed by atoms with van der Waals surface area (Å²) in [5.74, 6) is 0.709. The van der Waals surface area contributed by atoms with Crippen LogP contribution < -0.4 is 10.4 Å². The van der Waals surface area contributed by atoms with Crippen LogP contribution in [0.5, 0.6) is 5.75 Å². The van der Waals surface area contributed by atoms with Crippen LogP contribution in [0.15, 0.2) is 58.0 Å². The van der Waals surface area contributed by atoms with Gasteiger partial charge in [-0.3, -0.25) is 4.98 Å². The maximum atomic E-state index is 12.2. The maximum Gasteiger partial charge on any atom is 0.344 e. The molecule has 0 radical (unpaired) electrons. The number of nitrogens with zero attached hydrogens (tertiary/aromatic N) is 2. The van der Waals surface area contributed by atoms with E-state index in [0.29, 0.717) is 23.5 Å². The SMILES string of the molecule is CN(C)CCCOc1ccc2cc(-c3ccncc3)c(=O)oc2c1.